The van der Waals surface area contributed by atoms with Gasteiger partial charge in [0, 0.05) is 5.25 Å². The second kappa shape index (κ2) is 7.30. The number of alkyl carbamates (subject to hydrolysis) is 1. The highest BCUT2D eigenvalue weighted by molar-refractivity contribution is 7.99. The molecule has 1 aliphatic heterocycles. The first-order valence-corrected chi connectivity index (χ1v) is 8.19. The lowest BCUT2D eigenvalue weighted by Crippen LogP contribution is -2.71. The van der Waals surface area contributed by atoms with Gasteiger partial charge in [0.15, 0.2) is 0 Å². The number of ether oxygens (including phenoxy) is 1. The van der Waals surface area contributed by atoms with Crippen LogP contribution in [0.2, 0.25) is 0 Å². The number of carbonyl (C=O) groups excluding carboxylic acids is 2. The maximum absolute atomic E-state index is 11.9. The lowest BCUT2D eigenvalue weighted by atomic mass is 9.96. The Morgan fingerprint density at radius 2 is 2.21 bits per heavy atom. The Morgan fingerprint density at radius 1 is 1.42 bits per heavy atom. The van der Waals surface area contributed by atoms with E-state index in [-0.39, 0.29) is 23.8 Å². The van der Waals surface area contributed by atoms with Gasteiger partial charge in [-0.1, -0.05) is 49.0 Å². The van der Waals surface area contributed by atoms with Crippen molar-refractivity contribution < 1.29 is 14.3 Å². The molecule has 2 aromatic rings. The van der Waals surface area contributed by atoms with Gasteiger partial charge in [0.1, 0.15) is 12.6 Å². The Kier molecular flexibility index (Phi) is 4.94. The van der Waals surface area contributed by atoms with Crippen molar-refractivity contribution in [2.24, 2.45) is 0 Å². The number of nitrogens with one attached hydrogen (secondary N) is 3. The molecule has 1 aromatic heterocycles. The Labute approximate surface area is 141 Å². The average Bonchev–Trinajstić information content (AvgIpc) is 3.09. The van der Waals surface area contributed by atoms with Crippen LogP contribution in [0.1, 0.15) is 12.5 Å². The van der Waals surface area contributed by atoms with E-state index in [0.717, 1.165) is 5.56 Å². The smallest absolute Gasteiger partial charge is 0.408 e. The predicted molar refractivity (Wildman–Crippen MR) is 85.0 cm³/mol. The lowest BCUT2D eigenvalue weighted by molar-refractivity contribution is -0.131. The number of tetrazole rings is 1. The Hall–Kier alpha value is -2.62. The summed E-state index contributed by atoms with van der Waals surface area (Å²) < 4.78 is 5.14. The van der Waals surface area contributed by atoms with E-state index in [2.05, 4.69) is 31.3 Å². The van der Waals surface area contributed by atoms with E-state index in [0.29, 0.717) is 5.16 Å². The van der Waals surface area contributed by atoms with Gasteiger partial charge in [0.05, 0.1) is 6.04 Å². The molecule has 0 bridgehead atoms. The number of carbonyl (C=O) groups is 2. The molecule has 1 aliphatic rings. The molecule has 1 aromatic carbocycles. The highest BCUT2D eigenvalue weighted by Crippen LogP contribution is 2.25. The Balaban J connectivity index is 1.49. The fraction of sp³-hybridized carbons (Fsp3) is 0.357. The molecule has 3 atom stereocenters. The number of H-pyrrole nitrogens is 1. The summed E-state index contributed by atoms with van der Waals surface area (Å²) in [5, 5.41) is 19.4. The van der Waals surface area contributed by atoms with E-state index in [1.807, 2.05) is 37.3 Å². The van der Waals surface area contributed by atoms with Gasteiger partial charge in [-0.2, -0.15) is 5.21 Å². The normalized spacial score (nSPS) is 20.6. The number of β-lactam (4-membered cyclic amide) rings is 1. The maximum atomic E-state index is 11.9. The van der Waals surface area contributed by atoms with Crippen LogP contribution in [-0.2, 0) is 16.1 Å². The number of nitrogens with zero attached hydrogens (tertiary/aromatic N) is 3. The fourth-order valence-corrected chi connectivity index (χ4v) is 3.17. The summed E-state index contributed by atoms with van der Waals surface area (Å²) in [7, 11) is 0. The minimum Gasteiger partial charge on any atom is -0.445 e. The Bertz CT molecular complexity index is 696. The molecular weight excluding hydrogens is 332 g/mol. The third-order valence-corrected chi connectivity index (χ3v) is 4.61. The number of aromatic amines is 1. The second-order valence-corrected chi connectivity index (χ2v) is 6.58. The molecule has 3 rings (SSSR count). The van der Waals surface area contributed by atoms with Crippen molar-refractivity contribution in [1.29, 1.82) is 0 Å². The minimum absolute atomic E-state index is 0.0419. The van der Waals surface area contributed by atoms with Crippen LogP contribution < -0.4 is 10.6 Å². The van der Waals surface area contributed by atoms with E-state index in [9.17, 15) is 9.59 Å². The van der Waals surface area contributed by atoms with Crippen LogP contribution in [0.4, 0.5) is 4.79 Å². The van der Waals surface area contributed by atoms with Gasteiger partial charge >= 0.3 is 6.09 Å². The predicted octanol–water partition coefficient (Wildman–Crippen LogP) is 0.474. The van der Waals surface area contributed by atoms with E-state index >= 15 is 0 Å². The van der Waals surface area contributed by atoms with Crippen LogP contribution in [0, 0.1) is 0 Å². The number of amides is 2. The monoisotopic (exact) mass is 348 g/mol. The zero-order chi connectivity index (χ0) is 16.9. The molecule has 24 heavy (non-hydrogen) atoms. The average molecular weight is 348 g/mol. The van der Waals surface area contributed by atoms with E-state index < -0.39 is 12.1 Å². The van der Waals surface area contributed by atoms with Crippen LogP contribution >= 0.6 is 11.8 Å². The maximum Gasteiger partial charge on any atom is 0.408 e. The number of rotatable bonds is 6. The molecule has 1 saturated heterocycles. The lowest BCUT2D eigenvalue weighted by Gasteiger charge is -2.39. The SMILES string of the molecule is CC(Sc1nn[nH]n1)C1NC(=O)C1NC(=O)OCc1ccccc1. The zero-order valence-corrected chi connectivity index (χ0v) is 13.6. The van der Waals surface area contributed by atoms with Gasteiger partial charge in [-0.3, -0.25) is 4.79 Å². The molecule has 0 aliphatic carbocycles. The number of hydrogen-bond acceptors (Lipinski definition) is 7. The molecular formula is C14H16N6O3S. The first kappa shape index (κ1) is 16.2. The topological polar surface area (TPSA) is 122 Å². The van der Waals surface area contributed by atoms with E-state index in [1.54, 1.807) is 0 Å². The van der Waals surface area contributed by atoms with Gasteiger partial charge in [-0.25, -0.2) is 4.79 Å². The number of thioether (sulfide) groups is 1. The van der Waals surface area contributed by atoms with Crippen LogP contribution in [0.3, 0.4) is 0 Å². The molecule has 3 N–H and O–H groups in total. The highest BCUT2D eigenvalue weighted by atomic mass is 32.2. The van der Waals surface area contributed by atoms with Crippen LogP contribution in [0.25, 0.3) is 0 Å². The summed E-state index contributed by atoms with van der Waals surface area (Å²) in [6.45, 7) is 2.06. The first-order chi connectivity index (χ1) is 11.6. The van der Waals surface area contributed by atoms with Gasteiger partial charge in [0.2, 0.25) is 11.1 Å². The molecule has 2 amide bonds. The summed E-state index contributed by atoms with van der Waals surface area (Å²) in [5.41, 5.74) is 0.878. The summed E-state index contributed by atoms with van der Waals surface area (Å²) >= 11 is 1.35. The number of benzene rings is 1. The second-order valence-electron chi connectivity index (χ2n) is 5.24. The summed E-state index contributed by atoms with van der Waals surface area (Å²) in [5.74, 6) is -0.239. The third-order valence-electron chi connectivity index (χ3n) is 3.56. The molecule has 0 radical (unpaired) electrons. The molecule has 126 valence electrons. The van der Waals surface area contributed by atoms with Crippen LogP contribution in [0.5, 0.6) is 0 Å². The summed E-state index contributed by atoms with van der Waals surface area (Å²) in [6, 6.07) is 8.46. The van der Waals surface area contributed by atoms with Crippen molar-refractivity contribution in [3.63, 3.8) is 0 Å². The molecule has 1 fully saturated rings. The van der Waals surface area contributed by atoms with E-state index in [4.69, 9.17) is 4.74 Å². The van der Waals surface area contributed by atoms with E-state index in [1.165, 1.54) is 11.8 Å². The quantitative estimate of drug-likeness (QED) is 0.512. The van der Waals surface area contributed by atoms with Crippen molar-refractivity contribution in [1.82, 2.24) is 31.3 Å². The molecule has 2 heterocycles. The van der Waals surface area contributed by atoms with Crippen molar-refractivity contribution in [2.75, 3.05) is 0 Å². The molecule has 9 nitrogen and oxygen atoms in total. The molecule has 3 unspecified atom stereocenters. The van der Waals surface area contributed by atoms with Gasteiger partial charge in [-0.15, -0.1) is 10.2 Å². The van der Waals surface area contributed by atoms with Crippen molar-refractivity contribution >= 4 is 23.8 Å². The van der Waals surface area contributed by atoms with Crippen molar-refractivity contribution in [2.45, 2.75) is 36.0 Å². The summed E-state index contributed by atoms with van der Waals surface area (Å²) in [4.78, 5) is 23.6. The van der Waals surface area contributed by atoms with Crippen LogP contribution in [-0.4, -0.2) is 50.0 Å². The van der Waals surface area contributed by atoms with Gasteiger partial charge in [0.25, 0.3) is 0 Å². The summed E-state index contributed by atoms with van der Waals surface area (Å²) in [6.07, 6.45) is -0.625. The van der Waals surface area contributed by atoms with Crippen LogP contribution in [0.15, 0.2) is 35.5 Å². The van der Waals surface area contributed by atoms with Gasteiger partial charge in [-0.05, 0) is 10.8 Å². The first-order valence-electron chi connectivity index (χ1n) is 7.31. The minimum atomic E-state index is -0.636. The van der Waals surface area contributed by atoms with Crippen molar-refractivity contribution in [3.05, 3.63) is 35.9 Å². The molecule has 0 saturated carbocycles. The fourth-order valence-electron chi connectivity index (χ4n) is 2.28. The highest BCUT2D eigenvalue weighted by Gasteiger charge is 2.44. The van der Waals surface area contributed by atoms with Gasteiger partial charge < -0.3 is 15.4 Å². The number of aromatic nitrogens is 4. The standard InChI is InChI=1S/C14H16N6O3S/c1-8(24-13-17-19-20-18-13)10-11(12(21)15-10)16-14(22)23-7-9-5-3-2-4-6-9/h2-6,8,10-11H,7H2,1H3,(H,15,21)(H,16,22)(H,17,18,19,20). The molecule has 10 heteroatoms. The molecule has 0 spiro atoms. The van der Waals surface area contributed by atoms with Crippen molar-refractivity contribution in [3.8, 4) is 0 Å². The number of hydrogen-bond donors (Lipinski definition) is 3. The zero-order valence-electron chi connectivity index (χ0n) is 12.8. The largest absolute Gasteiger partial charge is 0.445 e. The third kappa shape index (κ3) is 3.82. The Morgan fingerprint density at radius 3 is 2.88 bits per heavy atom.